The summed E-state index contributed by atoms with van der Waals surface area (Å²) in [6.07, 6.45) is 3.01. The third kappa shape index (κ3) is 4.87. The molecule has 2 bridgehead atoms. The Labute approximate surface area is 184 Å². The van der Waals surface area contributed by atoms with Crippen LogP contribution in [0.1, 0.15) is 30.4 Å². The lowest BCUT2D eigenvalue weighted by atomic mass is 9.80. The van der Waals surface area contributed by atoms with Crippen LogP contribution in [0, 0.1) is 37.5 Å². The van der Waals surface area contributed by atoms with Crippen LogP contribution in [0.15, 0.2) is 58.3 Å². The molecule has 2 aliphatic carbocycles. The first kappa shape index (κ1) is 22.5. The van der Waals surface area contributed by atoms with E-state index in [0.29, 0.717) is 11.8 Å². The lowest BCUT2D eigenvalue weighted by molar-refractivity contribution is 0.101. The average Bonchev–Trinajstić information content (AvgIpc) is 3.33. The summed E-state index contributed by atoms with van der Waals surface area (Å²) < 4.78 is 61.2. The van der Waals surface area contributed by atoms with Crippen LogP contribution in [-0.4, -0.2) is 30.0 Å². The van der Waals surface area contributed by atoms with Crippen molar-refractivity contribution in [3.05, 3.63) is 59.7 Å². The van der Waals surface area contributed by atoms with Crippen LogP contribution >= 0.6 is 0 Å². The van der Waals surface area contributed by atoms with Gasteiger partial charge in [0, 0.05) is 0 Å². The minimum absolute atomic E-state index is 0.0350. The number of benzene rings is 2. The molecule has 2 fully saturated rings. The summed E-state index contributed by atoms with van der Waals surface area (Å²) in [4.78, 5) is 0.270. The Morgan fingerprint density at radius 2 is 1.03 bits per heavy atom. The van der Waals surface area contributed by atoms with Crippen LogP contribution in [0.25, 0.3) is 0 Å². The molecule has 8 heteroatoms. The van der Waals surface area contributed by atoms with Crippen molar-refractivity contribution in [2.75, 3.05) is 13.2 Å². The summed E-state index contributed by atoms with van der Waals surface area (Å²) in [5.41, 5.74) is 1.94. The minimum atomic E-state index is -3.85. The van der Waals surface area contributed by atoms with E-state index < -0.39 is 20.2 Å². The first-order chi connectivity index (χ1) is 14.7. The monoisotopic (exact) mass is 464 g/mol. The molecular weight excluding hydrogens is 436 g/mol. The molecule has 2 aliphatic rings. The summed E-state index contributed by atoms with van der Waals surface area (Å²) in [6, 6.07) is 13.1. The molecule has 0 N–H and O–H groups in total. The second kappa shape index (κ2) is 8.65. The lowest BCUT2D eigenvalue weighted by Gasteiger charge is -2.30. The van der Waals surface area contributed by atoms with Gasteiger partial charge in [0.2, 0.25) is 0 Å². The van der Waals surface area contributed by atoms with E-state index in [1.807, 2.05) is 13.8 Å². The third-order valence-electron chi connectivity index (χ3n) is 6.73. The van der Waals surface area contributed by atoms with Gasteiger partial charge in [-0.1, -0.05) is 35.4 Å². The van der Waals surface area contributed by atoms with E-state index in [4.69, 9.17) is 8.37 Å². The maximum absolute atomic E-state index is 12.6. The van der Waals surface area contributed by atoms with Gasteiger partial charge < -0.3 is 0 Å². The molecule has 0 heterocycles. The maximum Gasteiger partial charge on any atom is 0.296 e. The van der Waals surface area contributed by atoms with Crippen molar-refractivity contribution in [1.29, 1.82) is 0 Å². The highest BCUT2D eigenvalue weighted by atomic mass is 32.2. The Bertz CT molecular complexity index is 1030. The van der Waals surface area contributed by atoms with Gasteiger partial charge in [0.15, 0.2) is 0 Å². The largest absolute Gasteiger partial charge is 0.296 e. The van der Waals surface area contributed by atoms with Gasteiger partial charge in [-0.3, -0.25) is 8.37 Å². The standard InChI is InChI=1S/C23H28O6S2/c1-16-3-9-20(10-4-16)30(24,25)28-14-22-18-7-8-19(13-18)23(22)15-29-31(26,27)21-11-5-17(2)6-12-21/h3-6,9-12,18-19,22-23H,7-8,13-15H2,1-2H3/t18-,19-,22-,23-/m0/s1. The molecule has 0 unspecified atom stereocenters. The van der Waals surface area contributed by atoms with Crippen molar-refractivity contribution in [3.8, 4) is 0 Å². The maximum atomic E-state index is 12.6. The molecule has 0 aromatic heterocycles. The van der Waals surface area contributed by atoms with E-state index in [-0.39, 0.29) is 34.8 Å². The second-order valence-corrected chi connectivity index (χ2v) is 12.0. The predicted octanol–water partition coefficient (Wildman–Crippen LogP) is 4.08. The van der Waals surface area contributed by atoms with Crippen LogP contribution < -0.4 is 0 Å². The van der Waals surface area contributed by atoms with Gasteiger partial charge in [-0.2, -0.15) is 16.8 Å². The molecule has 6 nitrogen and oxygen atoms in total. The summed E-state index contributed by atoms with van der Waals surface area (Å²) in [5, 5.41) is 0. The molecule has 31 heavy (non-hydrogen) atoms. The smallest absolute Gasteiger partial charge is 0.266 e. The minimum Gasteiger partial charge on any atom is -0.266 e. The van der Waals surface area contributed by atoms with E-state index in [0.717, 1.165) is 30.4 Å². The summed E-state index contributed by atoms with van der Waals surface area (Å²) >= 11 is 0. The fourth-order valence-electron chi connectivity index (χ4n) is 4.93. The van der Waals surface area contributed by atoms with Crippen molar-refractivity contribution in [3.63, 3.8) is 0 Å². The van der Waals surface area contributed by atoms with Crippen molar-refractivity contribution >= 4 is 20.2 Å². The SMILES string of the molecule is Cc1ccc(S(=O)(=O)OC[C@H]2[C@H]3CC[C@@H](C3)[C@@H]2COS(=O)(=O)c2ccc(C)cc2)cc1. The van der Waals surface area contributed by atoms with Crippen molar-refractivity contribution in [1.82, 2.24) is 0 Å². The number of hydrogen-bond acceptors (Lipinski definition) is 6. The summed E-state index contributed by atoms with van der Waals surface area (Å²) in [6.45, 7) is 3.88. The Kier molecular flexibility index (Phi) is 6.27. The zero-order valence-corrected chi connectivity index (χ0v) is 19.4. The highest BCUT2D eigenvalue weighted by Crippen LogP contribution is 2.52. The van der Waals surface area contributed by atoms with Crippen LogP contribution in [0.4, 0.5) is 0 Å². The molecule has 0 radical (unpaired) electrons. The number of hydrogen-bond donors (Lipinski definition) is 0. The molecule has 0 saturated heterocycles. The van der Waals surface area contributed by atoms with Crippen LogP contribution in [0.2, 0.25) is 0 Å². The molecule has 4 rings (SSSR count). The fourth-order valence-corrected chi connectivity index (χ4v) is 6.81. The Balaban J connectivity index is 1.43. The predicted molar refractivity (Wildman–Crippen MR) is 116 cm³/mol. The van der Waals surface area contributed by atoms with E-state index in [2.05, 4.69) is 0 Å². The van der Waals surface area contributed by atoms with Gasteiger partial charge in [-0.05, 0) is 81.0 Å². The van der Waals surface area contributed by atoms with Gasteiger partial charge >= 0.3 is 0 Å². The molecule has 4 atom stereocenters. The van der Waals surface area contributed by atoms with E-state index >= 15 is 0 Å². The molecule has 2 saturated carbocycles. The van der Waals surface area contributed by atoms with E-state index in [9.17, 15) is 16.8 Å². The first-order valence-corrected chi connectivity index (χ1v) is 13.4. The van der Waals surface area contributed by atoms with Gasteiger partial charge in [-0.15, -0.1) is 0 Å². The zero-order valence-electron chi connectivity index (χ0n) is 17.7. The normalized spacial score (nSPS) is 25.7. The van der Waals surface area contributed by atoms with Crippen LogP contribution in [0.5, 0.6) is 0 Å². The third-order valence-corrected chi connectivity index (χ3v) is 9.32. The van der Waals surface area contributed by atoms with E-state index in [1.54, 1.807) is 48.5 Å². The number of rotatable bonds is 8. The highest BCUT2D eigenvalue weighted by molar-refractivity contribution is 7.87. The van der Waals surface area contributed by atoms with Crippen LogP contribution in [-0.2, 0) is 28.6 Å². The van der Waals surface area contributed by atoms with Crippen molar-refractivity contribution in [2.45, 2.75) is 42.9 Å². The summed E-state index contributed by atoms with van der Waals surface area (Å²) in [5.74, 6) is 0.613. The van der Waals surface area contributed by atoms with E-state index in [1.165, 1.54) is 0 Å². The van der Waals surface area contributed by atoms with Gasteiger partial charge in [-0.25, -0.2) is 0 Å². The number of aryl methyl sites for hydroxylation is 2. The lowest BCUT2D eigenvalue weighted by Crippen LogP contribution is -2.31. The molecule has 168 valence electrons. The highest BCUT2D eigenvalue weighted by Gasteiger charge is 2.48. The van der Waals surface area contributed by atoms with Gasteiger partial charge in [0.25, 0.3) is 20.2 Å². The Morgan fingerprint density at radius 3 is 1.39 bits per heavy atom. The fraction of sp³-hybridized carbons (Fsp3) is 0.478. The average molecular weight is 465 g/mol. The quantitative estimate of drug-likeness (QED) is 0.547. The second-order valence-electron chi connectivity index (χ2n) is 8.76. The molecule has 2 aromatic rings. The van der Waals surface area contributed by atoms with Crippen molar-refractivity contribution in [2.24, 2.45) is 23.7 Å². The Hall–Kier alpha value is -1.74. The van der Waals surface area contributed by atoms with Gasteiger partial charge in [0.1, 0.15) is 0 Å². The van der Waals surface area contributed by atoms with Crippen LogP contribution in [0.3, 0.4) is 0 Å². The molecule has 0 spiro atoms. The van der Waals surface area contributed by atoms with Gasteiger partial charge in [0.05, 0.1) is 23.0 Å². The molecule has 0 aliphatic heterocycles. The Morgan fingerprint density at radius 1 is 0.677 bits per heavy atom. The molecule has 2 aromatic carbocycles. The topological polar surface area (TPSA) is 86.7 Å². The van der Waals surface area contributed by atoms with Crippen molar-refractivity contribution < 1.29 is 25.2 Å². The zero-order chi connectivity index (χ0) is 22.2. The molecular formula is C23H28O6S2. The number of fused-ring (bicyclic) bond motifs is 2. The molecule has 0 amide bonds. The summed E-state index contributed by atoms with van der Waals surface area (Å²) in [7, 11) is -7.71. The first-order valence-electron chi connectivity index (χ1n) is 10.6.